The van der Waals surface area contributed by atoms with E-state index in [1.54, 1.807) is 11.3 Å². The van der Waals surface area contributed by atoms with E-state index in [4.69, 9.17) is 11.6 Å². The van der Waals surface area contributed by atoms with Crippen molar-refractivity contribution in [3.8, 4) is 0 Å². The zero-order chi connectivity index (χ0) is 10.4. The first kappa shape index (κ1) is 9.63. The highest BCUT2D eigenvalue weighted by molar-refractivity contribution is 7.15. The molecule has 0 aromatic carbocycles. The van der Waals surface area contributed by atoms with Crippen molar-refractivity contribution < 1.29 is 0 Å². The fraction of sp³-hybridized carbons (Fsp3) is 0.500. The Morgan fingerprint density at radius 1 is 1.73 bits per heavy atom. The van der Waals surface area contributed by atoms with Crippen LogP contribution in [-0.4, -0.2) is 15.4 Å². The van der Waals surface area contributed by atoms with Crippen molar-refractivity contribution in [2.24, 2.45) is 5.92 Å². The molecule has 0 radical (unpaired) electrons. The molecule has 1 saturated carbocycles. The van der Waals surface area contributed by atoms with Gasteiger partial charge in [-0.1, -0.05) is 18.5 Å². The second-order valence-electron chi connectivity index (χ2n) is 4.11. The molecule has 0 amide bonds. The quantitative estimate of drug-likeness (QED) is 0.895. The molecule has 1 N–H and O–H groups in total. The summed E-state index contributed by atoms with van der Waals surface area (Å²) in [6.07, 6.45) is 3.30. The molecule has 15 heavy (non-hydrogen) atoms. The summed E-state index contributed by atoms with van der Waals surface area (Å²) in [5, 5.41) is 6.15. The van der Waals surface area contributed by atoms with Crippen LogP contribution in [0.2, 0.25) is 5.15 Å². The minimum atomic E-state index is 0.627. The number of hydrogen-bond acceptors (Lipinski definition) is 3. The molecule has 1 fully saturated rings. The Labute approximate surface area is 97.1 Å². The zero-order valence-electron chi connectivity index (χ0n) is 8.40. The molecule has 0 aliphatic heterocycles. The van der Waals surface area contributed by atoms with Crippen molar-refractivity contribution >= 4 is 27.9 Å². The molecule has 2 unspecified atom stereocenters. The molecule has 1 aliphatic carbocycles. The molecule has 2 heterocycles. The summed E-state index contributed by atoms with van der Waals surface area (Å²) in [6, 6.07) is 0.672. The Bertz CT molecular complexity index is 490. The number of nitrogens with one attached hydrogen (secondary N) is 1. The van der Waals surface area contributed by atoms with Crippen LogP contribution in [0.3, 0.4) is 0 Å². The monoisotopic (exact) mass is 241 g/mol. The summed E-state index contributed by atoms with van der Waals surface area (Å²) < 4.78 is 2.06. The second-order valence-corrected chi connectivity index (χ2v) is 5.34. The number of halogens is 1. The van der Waals surface area contributed by atoms with Crippen molar-refractivity contribution in [2.75, 3.05) is 0 Å². The SMILES string of the molecule is CC1CC1NCc1c(Cl)nc2sccn12. The number of nitrogens with zero attached hydrogens (tertiary/aromatic N) is 2. The fourth-order valence-corrected chi connectivity index (χ4v) is 2.82. The normalized spacial score (nSPS) is 24.9. The Morgan fingerprint density at radius 2 is 2.53 bits per heavy atom. The first-order valence-corrected chi connectivity index (χ1v) is 6.35. The van der Waals surface area contributed by atoms with Crippen LogP contribution < -0.4 is 5.32 Å². The van der Waals surface area contributed by atoms with Gasteiger partial charge in [-0.15, -0.1) is 11.3 Å². The van der Waals surface area contributed by atoms with Crippen LogP contribution in [0.1, 0.15) is 19.0 Å². The van der Waals surface area contributed by atoms with E-state index >= 15 is 0 Å². The van der Waals surface area contributed by atoms with Gasteiger partial charge in [0.05, 0.1) is 5.69 Å². The molecule has 0 spiro atoms. The maximum absolute atomic E-state index is 6.08. The highest BCUT2D eigenvalue weighted by Crippen LogP contribution is 2.30. The van der Waals surface area contributed by atoms with Gasteiger partial charge in [-0.3, -0.25) is 4.40 Å². The average Bonchev–Trinajstić information content (AvgIpc) is 2.59. The third-order valence-electron chi connectivity index (χ3n) is 2.95. The molecular formula is C10H12ClN3S. The van der Waals surface area contributed by atoms with E-state index in [1.807, 2.05) is 11.6 Å². The molecule has 0 saturated heterocycles. The molecule has 3 rings (SSSR count). The van der Waals surface area contributed by atoms with E-state index in [0.29, 0.717) is 11.2 Å². The zero-order valence-corrected chi connectivity index (χ0v) is 9.98. The van der Waals surface area contributed by atoms with Gasteiger partial charge in [-0.2, -0.15) is 0 Å². The van der Waals surface area contributed by atoms with Gasteiger partial charge in [0.1, 0.15) is 0 Å². The molecule has 2 aromatic rings. The fourth-order valence-electron chi connectivity index (χ4n) is 1.80. The van der Waals surface area contributed by atoms with Gasteiger partial charge in [-0.25, -0.2) is 4.98 Å². The Hall–Kier alpha value is -0.580. The van der Waals surface area contributed by atoms with Gasteiger partial charge in [0.25, 0.3) is 0 Å². The van der Waals surface area contributed by atoms with E-state index in [2.05, 4.69) is 21.6 Å². The van der Waals surface area contributed by atoms with Gasteiger partial charge in [0, 0.05) is 24.2 Å². The number of thiazole rings is 1. The third-order valence-corrected chi connectivity index (χ3v) is 4.01. The van der Waals surface area contributed by atoms with Gasteiger partial charge in [0.15, 0.2) is 10.1 Å². The van der Waals surface area contributed by atoms with Gasteiger partial charge >= 0.3 is 0 Å². The van der Waals surface area contributed by atoms with Crippen LogP contribution in [0.25, 0.3) is 4.96 Å². The lowest BCUT2D eigenvalue weighted by molar-refractivity contribution is 0.640. The maximum Gasteiger partial charge on any atom is 0.195 e. The lowest BCUT2D eigenvalue weighted by Gasteiger charge is -2.02. The minimum Gasteiger partial charge on any atom is -0.308 e. The Morgan fingerprint density at radius 3 is 3.27 bits per heavy atom. The second kappa shape index (κ2) is 3.47. The average molecular weight is 242 g/mol. The lowest BCUT2D eigenvalue weighted by atomic mass is 10.4. The van der Waals surface area contributed by atoms with E-state index < -0.39 is 0 Å². The highest BCUT2D eigenvalue weighted by Gasteiger charge is 2.32. The number of fused-ring (bicyclic) bond motifs is 1. The summed E-state index contributed by atoms with van der Waals surface area (Å²) in [5.74, 6) is 0.815. The number of imidazole rings is 1. The summed E-state index contributed by atoms with van der Waals surface area (Å²) in [6.45, 7) is 3.07. The smallest absolute Gasteiger partial charge is 0.195 e. The minimum absolute atomic E-state index is 0.627. The van der Waals surface area contributed by atoms with Crippen molar-refractivity contribution in [3.63, 3.8) is 0 Å². The maximum atomic E-state index is 6.08. The Kier molecular flexibility index (Phi) is 2.23. The van der Waals surface area contributed by atoms with E-state index in [1.165, 1.54) is 6.42 Å². The van der Waals surface area contributed by atoms with Crippen molar-refractivity contribution in [3.05, 3.63) is 22.4 Å². The lowest BCUT2D eigenvalue weighted by Crippen LogP contribution is -2.18. The first-order valence-electron chi connectivity index (χ1n) is 5.09. The summed E-state index contributed by atoms with van der Waals surface area (Å²) in [5.41, 5.74) is 1.08. The van der Waals surface area contributed by atoms with Crippen molar-refractivity contribution in [1.82, 2.24) is 14.7 Å². The first-order chi connectivity index (χ1) is 7.25. The molecule has 0 bridgehead atoms. The highest BCUT2D eigenvalue weighted by atomic mass is 35.5. The van der Waals surface area contributed by atoms with Crippen LogP contribution in [0, 0.1) is 5.92 Å². The number of rotatable bonds is 3. The molecule has 80 valence electrons. The Balaban J connectivity index is 1.82. The van der Waals surface area contributed by atoms with E-state index in [-0.39, 0.29) is 0 Å². The molecule has 2 atom stereocenters. The number of hydrogen-bond donors (Lipinski definition) is 1. The molecule has 2 aromatic heterocycles. The van der Waals surface area contributed by atoms with Crippen LogP contribution in [0.4, 0.5) is 0 Å². The number of aromatic nitrogens is 2. The predicted molar refractivity (Wildman–Crippen MR) is 62.5 cm³/mol. The third kappa shape index (κ3) is 1.67. The molecule has 1 aliphatic rings. The van der Waals surface area contributed by atoms with Crippen molar-refractivity contribution in [1.29, 1.82) is 0 Å². The van der Waals surface area contributed by atoms with Crippen LogP contribution in [-0.2, 0) is 6.54 Å². The van der Waals surface area contributed by atoms with Gasteiger partial charge in [-0.05, 0) is 12.3 Å². The molecule has 5 heteroatoms. The van der Waals surface area contributed by atoms with E-state index in [0.717, 1.165) is 23.1 Å². The predicted octanol–water partition coefficient (Wildman–Crippen LogP) is 2.55. The van der Waals surface area contributed by atoms with Gasteiger partial charge < -0.3 is 5.32 Å². The van der Waals surface area contributed by atoms with Crippen molar-refractivity contribution in [2.45, 2.75) is 25.9 Å². The standard InChI is InChI=1S/C10H12ClN3S/c1-6-4-7(6)12-5-8-9(11)13-10-14(8)2-3-15-10/h2-3,6-7,12H,4-5H2,1H3. The largest absolute Gasteiger partial charge is 0.308 e. The summed E-state index contributed by atoms with van der Waals surface area (Å²) in [4.78, 5) is 5.27. The van der Waals surface area contributed by atoms with E-state index in [9.17, 15) is 0 Å². The van der Waals surface area contributed by atoms with Crippen LogP contribution >= 0.6 is 22.9 Å². The van der Waals surface area contributed by atoms with Gasteiger partial charge in [0.2, 0.25) is 0 Å². The van der Waals surface area contributed by atoms with Crippen LogP contribution in [0.15, 0.2) is 11.6 Å². The molecule has 3 nitrogen and oxygen atoms in total. The summed E-state index contributed by atoms with van der Waals surface area (Å²) >= 11 is 7.70. The van der Waals surface area contributed by atoms with Crippen LogP contribution in [0.5, 0.6) is 0 Å². The molecular weight excluding hydrogens is 230 g/mol. The topological polar surface area (TPSA) is 29.3 Å². The summed E-state index contributed by atoms with van der Waals surface area (Å²) in [7, 11) is 0.